The molecule has 1 aromatic carbocycles. The van der Waals surface area contributed by atoms with Crippen LogP contribution in [0.15, 0.2) is 18.2 Å². The topological polar surface area (TPSA) is 43.1 Å². The SMILES string of the molecule is [Li][c]1cccc([N+](=O)[O-])c1F. The molecule has 0 N–H and O–H groups in total. The van der Waals surface area contributed by atoms with E-state index in [-0.39, 0.29) is 0 Å². The summed E-state index contributed by atoms with van der Waals surface area (Å²) in [5, 5.41) is 10.1. The van der Waals surface area contributed by atoms with Crippen molar-refractivity contribution in [3.63, 3.8) is 0 Å². The summed E-state index contributed by atoms with van der Waals surface area (Å²) in [6.07, 6.45) is 0. The molecule has 0 saturated heterocycles. The van der Waals surface area contributed by atoms with Gasteiger partial charge >= 0.3 is 71.1 Å². The van der Waals surface area contributed by atoms with Gasteiger partial charge in [0.05, 0.1) is 0 Å². The average Bonchev–Trinajstić information content (AvgIpc) is 1.94. The van der Waals surface area contributed by atoms with E-state index in [2.05, 4.69) is 0 Å². The molecule has 0 fully saturated rings. The Labute approximate surface area is 71.6 Å². The van der Waals surface area contributed by atoms with Gasteiger partial charge in [-0.1, -0.05) is 0 Å². The number of nitrogens with zero attached hydrogens (tertiary/aromatic N) is 1. The number of nitro groups is 1. The zero-order chi connectivity index (χ0) is 8.43. The summed E-state index contributed by atoms with van der Waals surface area (Å²) in [7, 11) is 0. The quantitative estimate of drug-likeness (QED) is 0.330. The van der Waals surface area contributed by atoms with Crippen LogP contribution in [0.5, 0.6) is 0 Å². The van der Waals surface area contributed by atoms with Gasteiger partial charge in [-0.15, -0.1) is 0 Å². The van der Waals surface area contributed by atoms with Crippen LogP contribution in [0.4, 0.5) is 10.1 Å². The fraction of sp³-hybridized carbons (Fsp3) is 0. The maximum absolute atomic E-state index is 12.8. The van der Waals surface area contributed by atoms with Gasteiger partial charge < -0.3 is 0 Å². The van der Waals surface area contributed by atoms with Crippen molar-refractivity contribution in [2.75, 3.05) is 0 Å². The summed E-state index contributed by atoms with van der Waals surface area (Å²) in [6.45, 7) is 0. The van der Waals surface area contributed by atoms with Crippen molar-refractivity contribution in [3.8, 4) is 0 Å². The van der Waals surface area contributed by atoms with Crippen LogP contribution in [0, 0.1) is 15.9 Å². The predicted molar refractivity (Wildman–Crippen MR) is 38.4 cm³/mol. The Bertz CT molecular complexity index is 303. The minimum absolute atomic E-state index is 0.291. The second-order valence-corrected chi connectivity index (χ2v) is 2.17. The van der Waals surface area contributed by atoms with Crippen molar-refractivity contribution in [3.05, 3.63) is 34.1 Å². The van der Waals surface area contributed by atoms with Gasteiger partial charge in [-0.05, 0) is 0 Å². The van der Waals surface area contributed by atoms with Crippen LogP contribution in [-0.4, -0.2) is 22.6 Å². The molecule has 0 aliphatic heterocycles. The molecule has 0 bridgehead atoms. The molecule has 11 heavy (non-hydrogen) atoms. The van der Waals surface area contributed by atoms with Gasteiger partial charge in [0.25, 0.3) is 0 Å². The molecule has 0 aliphatic carbocycles. The Morgan fingerprint density at radius 2 is 2.18 bits per heavy atom. The minimum atomic E-state index is -0.752. The monoisotopic (exact) mass is 147 g/mol. The third-order valence-corrected chi connectivity index (χ3v) is 1.37. The summed E-state index contributed by atoms with van der Waals surface area (Å²) in [5.41, 5.74) is -0.468. The Balaban J connectivity index is 3.27. The standard InChI is InChI=1S/C6H3FNO2.Li/c7-5-3-1-2-4-6(5)8(9)10;/h1-2,4H;. The van der Waals surface area contributed by atoms with Crippen molar-refractivity contribution >= 4 is 27.6 Å². The van der Waals surface area contributed by atoms with Crippen LogP contribution >= 0.6 is 0 Å². The molecule has 1 rings (SSSR count). The fourth-order valence-corrected chi connectivity index (χ4v) is 0.773. The van der Waals surface area contributed by atoms with Crippen molar-refractivity contribution in [1.82, 2.24) is 0 Å². The number of hydrogen-bond acceptors (Lipinski definition) is 2. The van der Waals surface area contributed by atoms with E-state index in [0.717, 1.165) is 6.07 Å². The predicted octanol–water partition coefficient (Wildman–Crippen LogP) is 0.528. The molecule has 5 heteroatoms. The summed E-state index contributed by atoms with van der Waals surface area (Å²) in [6, 6.07) is 4.08. The van der Waals surface area contributed by atoms with E-state index in [1.807, 2.05) is 0 Å². The molecule has 0 aliphatic rings. The Morgan fingerprint density at radius 3 is 2.64 bits per heavy atom. The number of rotatable bonds is 1. The van der Waals surface area contributed by atoms with Gasteiger partial charge in [0.15, 0.2) is 0 Å². The van der Waals surface area contributed by atoms with Crippen LogP contribution in [0.3, 0.4) is 0 Å². The summed E-state index contributed by atoms with van der Waals surface area (Å²) < 4.78 is 13.1. The number of hydrogen-bond donors (Lipinski definition) is 0. The van der Waals surface area contributed by atoms with Crippen LogP contribution in [0.2, 0.25) is 0 Å². The van der Waals surface area contributed by atoms with Gasteiger partial charge in [-0.2, -0.15) is 0 Å². The average molecular weight is 147 g/mol. The Hall–Kier alpha value is -0.853. The van der Waals surface area contributed by atoms with Crippen molar-refractivity contribution in [2.24, 2.45) is 0 Å². The molecule has 0 unspecified atom stereocenters. The number of benzene rings is 1. The Kier molecular flexibility index (Phi) is 2.27. The molecule has 0 spiro atoms. The number of nitro benzene ring substituents is 1. The zero-order valence-corrected chi connectivity index (χ0v) is 5.87. The molecule has 0 radical (unpaired) electrons. The third kappa shape index (κ3) is 1.59. The Morgan fingerprint density at radius 1 is 1.55 bits per heavy atom. The first-order valence-electron chi connectivity index (χ1n) is 3.02. The molecule has 52 valence electrons. The molecule has 0 atom stereocenters. The molecular formula is C6H3FLiNO2. The molecule has 0 amide bonds. The van der Waals surface area contributed by atoms with Gasteiger partial charge in [0.1, 0.15) is 0 Å². The summed E-state index contributed by atoms with van der Waals surface area (Å²) >= 11 is 1.49. The molecular weight excluding hydrogens is 144 g/mol. The molecule has 1 aromatic rings. The first-order chi connectivity index (χ1) is 5.13. The van der Waals surface area contributed by atoms with Crippen molar-refractivity contribution < 1.29 is 9.31 Å². The van der Waals surface area contributed by atoms with Gasteiger partial charge in [0.2, 0.25) is 0 Å². The van der Waals surface area contributed by atoms with E-state index in [1.54, 1.807) is 0 Å². The molecule has 0 heterocycles. The summed E-state index contributed by atoms with van der Waals surface area (Å²) in [4.78, 5) is 9.41. The summed E-state index contributed by atoms with van der Waals surface area (Å²) in [5.74, 6) is -0.752. The molecule has 0 aromatic heterocycles. The van der Waals surface area contributed by atoms with E-state index >= 15 is 0 Å². The second kappa shape index (κ2) is 3.03. The zero-order valence-electron chi connectivity index (χ0n) is 5.87. The molecule has 3 nitrogen and oxygen atoms in total. The van der Waals surface area contributed by atoms with Gasteiger partial charge in [0, 0.05) is 0 Å². The van der Waals surface area contributed by atoms with E-state index < -0.39 is 16.4 Å². The van der Waals surface area contributed by atoms with Crippen LogP contribution in [-0.2, 0) is 0 Å². The fourth-order valence-electron chi connectivity index (χ4n) is 0.773. The third-order valence-electron chi connectivity index (χ3n) is 1.37. The first kappa shape index (κ1) is 8.25. The van der Waals surface area contributed by atoms with Crippen LogP contribution in [0.1, 0.15) is 0 Å². The second-order valence-electron chi connectivity index (χ2n) is 2.17. The van der Waals surface area contributed by atoms with Gasteiger partial charge in [-0.25, -0.2) is 0 Å². The normalized spacial score (nSPS) is 9.73. The van der Waals surface area contributed by atoms with Crippen molar-refractivity contribution in [1.29, 1.82) is 0 Å². The maximum atomic E-state index is 12.8. The van der Waals surface area contributed by atoms with E-state index in [9.17, 15) is 14.5 Å². The van der Waals surface area contributed by atoms with E-state index in [4.69, 9.17) is 0 Å². The number of halogens is 1. The van der Waals surface area contributed by atoms with E-state index in [1.165, 1.54) is 29.8 Å². The van der Waals surface area contributed by atoms with Crippen molar-refractivity contribution in [2.45, 2.75) is 0 Å². The van der Waals surface area contributed by atoms with Gasteiger partial charge in [-0.3, -0.25) is 0 Å². The van der Waals surface area contributed by atoms with E-state index in [0.29, 0.717) is 4.24 Å². The van der Waals surface area contributed by atoms with Crippen LogP contribution < -0.4 is 4.24 Å². The van der Waals surface area contributed by atoms with Crippen LogP contribution in [0.25, 0.3) is 0 Å². The first-order valence-corrected chi connectivity index (χ1v) is 3.02. The molecule has 0 saturated carbocycles.